The number of aromatic nitrogens is 4. The SMILES string of the molecule is CCOc1c(Cl)cccc1NC=C(C#N)c1nn[nH]n1. The Morgan fingerprint density at radius 3 is 3.10 bits per heavy atom. The van der Waals surface area contributed by atoms with Crippen LogP contribution in [0.25, 0.3) is 5.57 Å². The average molecular weight is 291 g/mol. The zero-order chi connectivity index (χ0) is 14.4. The molecule has 2 aromatic rings. The summed E-state index contributed by atoms with van der Waals surface area (Å²) in [4.78, 5) is 0. The predicted octanol–water partition coefficient (Wildman–Crippen LogP) is 2.23. The first-order valence-electron chi connectivity index (χ1n) is 5.78. The Bertz CT molecular complexity index is 646. The second-order valence-electron chi connectivity index (χ2n) is 3.60. The molecule has 1 aromatic carbocycles. The standard InChI is InChI=1S/C12H11ClN6O/c1-2-20-11-9(13)4-3-5-10(11)15-7-8(6-14)12-16-18-19-17-12/h3-5,7,15H,2H2,1H3,(H,16,17,18,19). The molecule has 0 fully saturated rings. The number of nitriles is 1. The van der Waals surface area contributed by atoms with E-state index in [1.54, 1.807) is 18.2 Å². The van der Waals surface area contributed by atoms with Gasteiger partial charge in [0.2, 0.25) is 5.82 Å². The van der Waals surface area contributed by atoms with Gasteiger partial charge in [-0.2, -0.15) is 10.5 Å². The quantitative estimate of drug-likeness (QED) is 0.819. The van der Waals surface area contributed by atoms with Crippen LogP contribution in [0.1, 0.15) is 12.7 Å². The van der Waals surface area contributed by atoms with Gasteiger partial charge >= 0.3 is 0 Å². The Labute approximate surface area is 120 Å². The highest BCUT2D eigenvalue weighted by Gasteiger charge is 2.09. The fourth-order valence-electron chi connectivity index (χ4n) is 1.49. The lowest BCUT2D eigenvalue weighted by molar-refractivity contribution is 0.342. The second-order valence-corrected chi connectivity index (χ2v) is 4.01. The minimum Gasteiger partial charge on any atom is -0.490 e. The van der Waals surface area contributed by atoms with Gasteiger partial charge in [0.05, 0.1) is 17.3 Å². The number of halogens is 1. The molecular weight excluding hydrogens is 280 g/mol. The van der Waals surface area contributed by atoms with Crippen LogP contribution in [0.5, 0.6) is 5.75 Å². The van der Waals surface area contributed by atoms with Gasteiger partial charge in [0, 0.05) is 6.20 Å². The summed E-state index contributed by atoms with van der Waals surface area (Å²) in [5, 5.41) is 25.7. The summed E-state index contributed by atoms with van der Waals surface area (Å²) in [6.07, 6.45) is 1.47. The summed E-state index contributed by atoms with van der Waals surface area (Å²) in [6.45, 7) is 2.35. The molecule has 0 amide bonds. The highest BCUT2D eigenvalue weighted by Crippen LogP contribution is 2.33. The number of tetrazole rings is 1. The molecule has 0 saturated heterocycles. The van der Waals surface area contributed by atoms with Gasteiger partial charge in [-0.3, -0.25) is 0 Å². The van der Waals surface area contributed by atoms with Gasteiger partial charge in [-0.05, 0) is 24.3 Å². The number of hydrogen-bond acceptors (Lipinski definition) is 6. The summed E-state index contributed by atoms with van der Waals surface area (Å²) < 4.78 is 5.47. The molecule has 0 atom stereocenters. The molecular formula is C12H11ClN6O. The van der Waals surface area contributed by atoms with Crippen LogP contribution >= 0.6 is 11.6 Å². The van der Waals surface area contributed by atoms with Crippen LogP contribution in [0, 0.1) is 11.3 Å². The first-order chi connectivity index (χ1) is 9.76. The van der Waals surface area contributed by atoms with Crippen molar-refractivity contribution in [2.75, 3.05) is 11.9 Å². The molecule has 0 aliphatic rings. The molecule has 1 aromatic heterocycles. The molecule has 0 radical (unpaired) electrons. The number of H-pyrrole nitrogens is 1. The summed E-state index contributed by atoms with van der Waals surface area (Å²) in [7, 11) is 0. The molecule has 2 N–H and O–H groups in total. The third kappa shape index (κ3) is 3.05. The molecule has 1 heterocycles. The molecule has 8 heteroatoms. The first-order valence-corrected chi connectivity index (χ1v) is 6.16. The van der Waals surface area contributed by atoms with Gasteiger partial charge in [0.25, 0.3) is 0 Å². The third-order valence-corrected chi connectivity index (χ3v) is 2.63. The maximum absolute atomic E-state index is 9.07. The molecule has 2 rings (SSSR count). The largest absolute Gasteiger partial charge is 0.490 e. The number of anilines is 1. The number of aromatic amines is 1. The zero-order valence-electron chi connectivity index (χ0n) is 10.6. The van der Waals surface area contributed by atoms with Crippen molar-refractivity contribution in [3.63, 3.8) is 0 Å². The van der Waals surface area contributed by atoms with E-state index in [1.807, 2.05) is 13.0 Å². The maximum Gasteiger partial charge on any atom is 0.216 e. The number of nitrogens with one attached hydrogen (secondary N) is 2. The Hall–Kier alpha value is -2.59. The van der Waals surface area contributed by atoms with E-state index in [-0.39, 0.29) is 11.4 Å². The molecule has 0 unspecified atom stereocenters. The monoisotopic (exact) mass is 290 g/mol. The molecule has 20 heavy (non-hydrogen) atoms. The predicted molar refractivity (Wildman–Crippen MR) is 74.0 cm³/mol. The number of ether oxygens (including phenoxy) is 1. The van der Waals surface area contributed by atoms with E-state index in [1.165, 1.54) is 6.20 Å². The van der Waals surface area contributed by atoms with Crippen molar-refractivity contribution in [2.45, 2.75) is 6.92 Å². The summed E-state index contributed by atoms with van der Waals surface area (Å²) in [5.41, 5.74) is 0.886. The lowest BCUT2D eigenvalue weighted by Crippen LogP contribution is -1.99. The Morgan fingerprint density at radius 1 is 1.60 bits per heavy atom. The molecule has 0 saturated carbocycles. The Morgan fingerprint density at radius 2 is 2.45 bits per heavy atom. The third-order valence-electron chi connectivity index (χ3n) is 2.33. The van der Waals surface area contributed by atoms with Crippen LogP contribution in [0.4, 0.5) is 5.69 Å². The van der Waals surface area contributed by atoms with Gasteiger partial charge in [-0.15, -0.1) is 10.2 Å². The van der Waals surface area contributed by atoms with E-state index < -0.39 is 0 Å². The molecule has 0 aliphatic carbocycles. The minimum atomic E-state index is 0.208. The van der Waals surface area contributed by atoms with Crippen molar-refractivity contribution in [3.05, 3.63) is 35.2 Å². The average Bonchev–Trinajstić information content (AvgIpc) is 2.97. The van der Waals surface area contributed by atoms with Crippen LogP contribution in [-0.4, -0.2) is 27.2 Å². The van der Waals surface area contributed by atoms with E-state index in [0.29, 0.717) is 23.1 Å². The lowest BCUT2D eigenvalue weighted by Gasteiger charge is -2.11. The van der Waals surface area contributed by atoms with Crippen LogP contribution < -0.4 is 10.1 Å². The van der Waals surface area contributed by atoms with Crippen molar-refractivity contribution in [1.82, 2.24) is 20.6 Å². The van der Waals surface area contributed by atoms with Gasteiger partial charge in [-0.25, -0.2) is 0 Å². The smallest absolute Gasteiger partial charge is 0.216 e. The summed E-state index contributed by atoms with van der Waals surface area (Å²) in [6, 6.07) is 7.28. The highest BCUT2D eigenvalue weighted by molar-refractivity contribution is 6.32. The zero-order valence-corrected chi connectivity index (χ0v) is 11.3. The topological polar surface area (TPSA) is 99.5 Å². The first kappa shape index (κ1) is 13.8. The number of allylic oxidation sites excluding steroid dienone is 1. The Balaban J connectivity index is 2.26. The number of rotatable bonds is 5. The number of hydrogen-bond donors (Lipinski definition) is 2. The van der Waals surface area contributed by atoms with Crippen molar-refractivity contribution in [2.24, 2.45) is 0 Å². The maximum atomic E-state index is 9.07. The molecule has 0 aliphatic heterocycles. The van der Waals surface area contributed by atoms with Gasteiger partial charge in [0.15, 0.2) is 5.75 Å². The molecule has 0 spiro atoms. The molecule has 0 bridgehead atoms. The summed E-state index contributed by atoms with van der Waals surface area (Å²) >= 11 is 6.07. The van der Waals surface area contributed by atoms with E-state index in [9.17, 15) is 0 Å². The minimum absolute atomic E-state index is 0.208. The van der Waals surface area contributed by atoms with Crippen molar-refractivity contribution < 1.29 is 4.74 Å². The van der Waals surface area contributed by atoms with Crippen molar-refractivity contribution >= 4 is 22.9 Å². The molecule has 102 valence electrons. The van der Waals surface area contributed by atoms with E-state index in [2.05, 4.69) is 25.9 Å². The molecule has 7 nitrogen and oxygen atoms in total. The van der Waals surface area contributed by atoms with Crippen LogP contribution in [-0.2, 0) is 0 Å². The fourth-order valence-corrected chi connectivity index (χ4v) is 1.72. The summed E-state index contributed by atoms with van der Waals surface area (Å²) in [5.74, 6) is 0.735. The fraction of sp³-hybridized carbons (Fsp3) is 0.167. The van der Waals surface area contributed by atoms with E-state index in [4.69, 9.17) is 21.6 Å². The van der Waals surface area contributed by atoms with E-state index >= 15 is 0 Å². The van der Waals surface area contributed by atoms with Crippen LogP contribution in [0.2, 0.25) is 5.02 Å². The van der Waals surface area contributed by atoms with Gasteiger partial charge in [-0.1, -0.05) is 17.7 Å². The van der Waals surface area contributed by atoms with Crippen molar-refractivity contribution in [3.8, 4) is 11.8 Å². The van der Waals surface area contributed by atoms with Crippen molar-refractivity contribution in [1.29, 1.82) is 5.26 Å². The Kier molecular flexibility index (Phi) is 4.52. The highest BCUT2D eigenvalue weighted by atomic mass is 35.5. The normalized spacial score (nSPS) is 10.9. The lowest BCUT2D eigenvalue weighted by atomic mass is 10.2. The van der Waals surface area contributed by atoms with Crippen LogP contribution in [0.15, 0.2) is 24.4 Å². The van der Waals surface area contributed by atoms with E-state index in [0.717, 1.165) is 0 Å². The van der Waals surface area contributed by atoms with Gasteiger partial charge in [0.1, 0.15) is 11.6 Å². The number of para-hydroxylation sites is 1. The second kappa shape index (κ2) is 6.54. The number of benzene rings is 1. The number of nitrogens with zero attached hydrogens (tertiary/aromatic N) is 4. The van der Waals surface area contributed by atoms with Crippen LogP contribution in [0.3, 0.4) is 0 Å². The van der Waals surface area contributed by atoms with Gasteiger partial charge < -0.3 is 10.1 Å².